The smallest absolute Gasteiger partial charge is 0.353 e. The Labute approximate surface area is 120 Å². The molecule has 2 rings (SSSR count). The van der Waals surface area contributed by atoms with Gasteiger partial charge < -0.3 is 10.4 Å². The van der Waals surface area contributed by atoms with Crippen molar-refractivity contribution in [2.45, 2.75) is 0 Å². The summed E-state index contributed by atoms with van der Waals surface area (Å²) in [6, 6.07) is 5.91. The second-order valence-corrected chi connectivity index (χ2v) is 4.82. The molecule has 0 fully saturated rings. The molecule has 98 valence electrons. The van der Waals surface area contributed by atoms with Crippen molar-refractivity contribution in [3.05, 3.63) is 45.0 Å². The van der Waals surface area contributed by atoms with Gasteiger partial charge in [0.15, 0.2) is 5.82 Å². The number of nitrogens with zero attached hydrogens (tertiary/aromatic N) is 1. The lowest BCUT2D eigenvalue weighted by Gasteiger charge is -2.03. The first-order chi connectivity index (χ1) is 8.97. The highest BCUT2D eigenvalue weighted by atomic mass is 79.9. The zero-order chi connectivity index (χ0) is 14.0. The molecule has 2 aromatic rings. The fourth-order valence-electron chi connectivity index (χ4n) is 1.32. The third kappa shape index (κ3) is 3.12. The Kier molecular flexibility index (Phi) is 3.87. The van der Waals surface area contributed by atoms with E-state index in [0.717, 1.165) is 0 Å². The number of amides is 1. The Morgan fingerprint density at radius 3 is 2.68 bits per heavy atom. The van der Waals surface area contributed by atoms with Gasteiger partial charge in [0.05, 0.1) is 5.02 Å². The van der Waals surface area contributed by atoms with Crippen molar-refractivity contribution in [3.8, 4) is 0 Å². The lowest BCUT2D eigenvalue weighted by Crippen LogP contribution is -2.12. The van der Waals surface area contributed by atoms with Crippen LogP contribution in [-0.2, 0) is 0 Å². The van der Waals surface area contributed by atoms with Crippen LogP contribution in [0.5, 0.6) is 0 Å². The Morgan fingerprint density at radius 1 is 1.37 bits per heavy atom. The molecule has 0 saturated carbocycles. The molecule has 1 amide bonds. The molecule has 0 saturated heterocycles. The van der Waals surface area contributed by atoms with Crippen molar-refractivity contribution >= 4 is 45.2 Å². The lowest BCUT2D eigenvalue weighted by atomic mass is 10.2. The molecule has 0 unspecified atom stereocenters. The van der Waals surface area contributed by atoms with Crippen LogP contribution < -0.4 is 5.32 Å². The fraction of sp³-hybridized carbons (Fsp3) is 0. The predicted molar refractivity (Wildman–Crippen MR) is 72.7 cm³/mol. The number of carboxylic acids is 1. The highest BCUT2D eigenvalue weighted by Crippen LogP contribution is 2.23. The molecular formula is C11H7BrClN3O3. The summed E-state index contributed by atoms with van der Waals surface area (Å²) in [5.74, 6) is -1.43. The van der Waals surface area contributed by atoms with E-state index in [4.69, 9.17) is 16.7 Å². The molecule has 8 heteroatoms. The monoisotopic (exact) mass is 343 g/mol. The molecule has 6 nitrogen and oxygen atoms in total. The molecule has 0 radical (unpaired) electrons. The summed E-state index contributed by atoms with van der Waals surface area (Å²) >= 11 is 9.03. The highest BCUT2D eigenvalue weighted by Gasteiger charge is 2.12. The number of benzene rings is 1. The number of carboxylic acid groups (broad SMARTS) is 1. The van der Waals surface area contributed by atoms with Crippen molar-refractivity contribution in [3.63, 3.8) is 0 Å². The second-order valence-electron chi connectivity index (χ2n) is 3.56. The minimum atomic E-state index is -1.15. The van der Waals surface area contributed by atoms with Gasteiger partial charge in [-0.25, -0.2) is 4.79 Å². The van der Waals surface area contributed by atoms with Gasteiger partial charge in [0.1, 0.15) is 5.69 Å². The van der Waals surface area contributed by atoms with E-state index >= 15 is 0 Å². The summed E-state index contributed by atoms with van der Waals surface area (Å²) in [4.78, 5) is 22.5. The summed E-state index contributed by atoms with van der Waals surface area (Å²) < 4.78 is 0.593. The van der Waals surface area contributed by atoms with E-state index in [1.54, 1.807) is 18.2 Å². The Hall–Kier alpha value is -1.86. The number of hydrogen-bond donors (Lipinski definition) is 3. The molecule has 0 aliphatic carbocycles. The van der Waals surface area contributed by atoms with Crippen LogP contribution in [0.15, 0.2) is 28.7 Å². The number of aromatic amines is 1. The second kappa shape index (κ2) is 5.41. The number of aromatic nitrogens is 2. The minimum Gasteiger partial charge on any atom is -0.477 e. The van der Waals surface area contributed by atoms with Crippen LogP contribution in [0.4, 0.5) is 5.82 Å². The van der Waals surface area contributed by atoms with Crippen molar-refractivity contribution in [2.75, 3.05) is 5.32 Å². The normalized spacial score (nSPS) is 10.2. The van der Waals surface area contributed by atoms with E-state index < -0.39 is 11.9 Å². The van der Waals surface area contributed by atoms with E-state index in [1.807, 2.05) is 0 Å². The SMILES string of the molecule is O=C(Nc1cc(C(=O)O)[nH]n1)c1ccc(Cl)c(Br)c1. The zero-order valence-electron chi connectivity index (χ0n) is 9.28. The average molecular weight is 345 g/mol. The molecule has 0 aliphatic heterocycles. The van der Waals surface area contributed by atoms with Gasteiger partial charge in [0.2, 0.25) is 0 Å². The number of anilines is 1. The van der Waals surface area contributed by atoms with Gasteiger partial charge in [-0.05, 0) is 34.1 Å². The van der Waals surface area contributed by atoms with E-state index in [0.29, 0.717) is 15.1 Å². The lowest BCUT2D eigenvalue weighted by molar-refractivity contribution is 0.0690. The van der Waals surface area contributed by atoms with Crippen LogP contribution in [0.3, 0.4) is 0 Å². The number of carbonyl (C=O) groups excluding carboxylic acids is 1. The van der Waals surface area contributed by atoms with Gasteiger partial charge in [-0.1, -0.05) is 11.6 Å². The van der Waals surface area contributed by atoms with Gasteiger partial charge in [0.25, 0.3) is 5.91 Å². The molecular weight excluding hydrogens is 337 g/mol. The Bertz CT molecular complexity index is 656. The summed E-state index contributed by atoms with van der Waals surface area (Å²) in [6.45, 7) is 0. The van der Waals surface area contributed by atoms with E-state index in [-0.39, 0.29) is 11.5 Å². The van der Waals surface area contributed by atoms with Gasteiger partial charge >= 0.3 is 5.97 Å². The first-order valence-corrected chi connectivity index (χ1v) is 6.19. The molecule has 0 aliphatic rings. The van der Waals surface area contributed by atoms with Crippen LogP contribution in [0.1, 0.15) is 20.8 Å². The van der Waals surface area contributed by atoms with Gasteiger partial charge in [0, 0.05) is 16.1 Å². The molecule has 0 bridgehead atoms. The van der Waals surface area contributed by atoms with E-state index in [2.05, 4.69) is 31.4 Å². The molecule has 1 aromatic carbocycles. The van der Waals surface area contributed by atoms with Gasteiger partial charge in [-0.15, -0.1) is 0 Å². The summed E-state index contributed by atoms with van der Waals surface area (Å²) in [6.07, 6.45) is 0. The summed E-state index contributed by atoms with van der Waals surface area (Å²) in [5, 5.41) is 17.6. The molecule has 1 aromatic heterocycles. The van der Waals surface area contributed by atoms with Crippen LogP contribution in [0.2, 0.25) is 5.02 Å². The topological polar surface area (TPSA) is 95.1 Å². The van der Waals surface area contributed by atoms with Crippen LogP contribution in [-0.4, -0.2) is 27.2 Å². The van der Waals surface area contributed by atoms with Crippen LogP contribution in [0.25, 0.3) is 0 Å². The number of hydrogen-bond acceptors (Lipinski definition) is 3. The maximum Gasteiger partial charge on any atom is 0.353 e. The largest absolute Gasteiger partial charge is 0.477 e. The van der Waals surface area contributed by atoms with Crippen LogP contribution >= 0.6 is 27.5 Å². The average Bonchev–Trinajstić information content (AvgIpc) is 2.81. The highest BCUT2D eigenvalue weighted by molar-refractivity contribution is 9.10. The molecule has 0 spiro atoms. The minimum absolute atomic E-state index is 0.104. The maximum atomic E-state index is 11.9. The standard InChI is InChI=1S/C11H7BrClN3O3/c12-6-3-5(1-2-7(6)13)10(17)14-9-4-8(11(18)19)15-16-9/h1-4H,(H,18,19)(H2,14,15,16,17). The first-order valence-electron chi connectivity index (χ1n) is 5.02. The number of halogens is 2. The number of aromatic carboxylic acids is 1. The molecule has 3 N–H and O–H groups in total. The first kappa shape index (κ1) is 13.6. The number of H-pyrrole nitrogens is 1. The third-order valence-electron chi connectivity index (χ3n) is 2.23. The predicted octanol–water partition coefficient (Wildman–Crippen LogP) is 2.78. The Morgan fingerprint density at radius 2 is 2.11 bits per heavy atom. The summed E-state index contributed by atoms with van der Waals surface area (Å²) in [7, 11) is 0. The van der Waals surface area contributed by atoms with Crippen LogP contribution in [0, 0.1) is 0 Å². The number of rotatable bonds is 3. The van der Waals surface area contributed by atoms with Crippen molar-refractivity contribution < 1.29 is 14.7 Å². The van der Waals surface area contributed by atoms with Gasteiger partial charge in [-0.3, -0.25) is 9.89 Å². The van der Waals surface area contributed by atoms with Crippen molar-refractivity contribution in [1.82, 2.24) is 10.2 Å². The zero-order valence-corrected chi connectivity index (χ0v) is 11.6. The quantitative estimate of drug-likeness (QED) is 0.798. The third-order valence-corrected chi connectivity index (χ3v) is 3.45. The molecule has 0 atom stereocenters. The summed E-state index contributed by atoms with van der Waals surface area (Å²) in [5.41, 5.74) is 0.267. The van der Waals surface area contributed by atoms with E-state index in [9.17, 15) is 9.59 Å². The van der Waals surface area contributed by atoms with Crippen molar-refractivity contribution in [1.29, 1.82) is 0 Å². The number of carbonyl (C=O) groups is 2. The van der Waals surface area contributed by atoms with E-state index in [1.165, 1.54) is 6.07 Å². The fourth-order valence-corrected chi connectivity index (χ4v) is 1.82. The van der Waals surface area contributed by atoms with Crippen molar-refractivity contribution in [2.24, 2.45) is 0 Å². The Balaban J connectivity index is 2.15. The number of nitrogens with one attached hydrogen (secondary N) is 2. The molecule has 1 heterocycles. The maximum absolute atomic E-state index is 11.9. The van der Waals surface area contributed by atoms with Gasteiger partial charge in [-0.2, -0.15) is 5.10 Å². The molecule has 19 heavy (non-hydrogen) atoms.